The number of hydrogen-bond acceptors (Lipinski definition) is 4. The van der Waals surface area contributed by atoms with Gasteiger partial charge in [0, 0.05) is 45.5 Å². The molecule has 0 aliphatic carbocycles. The van der Waals surface area contributed by atoms with Crippen LogP contribution in [0.3, 0.4) is 0 Å². The maximum Gasteiger partial charge on any atom is 0.407 e. The summed E-state index contributed by atoms with van der Waals surface area (Å²) in [6.07, 6.45) is 2.74. The van der Waals surface area contributed by atoms with Gasteiger partial charge in [0.25, 0.3) is 0 Å². The summed E-state index contributed by atoms with van der Waals surface area (Å²) in [5.74, 6) is 0. The van der Waals surface area contributed by atoms with E-state index in [1.165, 1.54) is 18.4 Å². The zero-order chi connectivity index (χ0) is 15.9. The lowest BCUT2D eigenvalue weighted by Gasteiger charge is -2.32. The molecular formula is C17H27N3O2. The van der Waals surface area contributed by atoms with Gasteiger partial charge in [-0.2, -0.15) is 0 Å². The molecule has 1 aliphatic heterocycles. The number of methoxy groups -OCH3 is 1. The van der Waals surface area contributed by atoms with Crippen molar-refractivity contribution in [2.45, 2.75) is 25.3 Å². The second-order valence-electron chi connectivity index (χ2n) is 6.06. The molecule has 5 nitrogen and oxygen atoms in total. The van der Waals surface area contributed by atoms with E-state index in [9.17, 15) is 4.79 Å². The Balaban J connectivity index is 1.71. The van der Waals surface area contributed by atoms with Crippen molar-refractivity contribution in [2.24, 2.45) is 0 Å². The Hall–Kier alpha value is -1.75. The number of carbonyl (C=O) groups is 1. The van der Waals surface area contributed by atoms with Crippen molar-refractivity contribution < 1.29 is 9.53 Å². The first kappa shape index (κ1) is 16.6. The fourth-order valence-corrected chi connectivity index (χ4v) is 2.77. The van der Waals surface area contributed by atoms with E-state index in [4.69, 9.17) is 0 Å². The molecule has 0 spiro atoms. The monoisotopic (exact) mass is 305 g/mol. The molecule has 1 N–H and O–H groups in total. The van der Waals surface area contributed by atoms with Gasteiger partial charge in [-0.25, -0.2) is 4.79 Å². The molecule has 0 aromatic heterocycles. The molecule has 1 aromatic carbocycles. The van der Waals surface area contributed by atoms with Crippen LogP contribution in [0.25, 0.3) is 0 Å². The summed E-state index contributed by atoms with van der Waals surface area (Å²) >= 11 is 0. The zero-order valence-electron chi connectivity index (χ0n) is 13.8. The highest BCUT2D eigenvalue weighted by Gasteiger charge is 2.20. The smallest absolute Gasteiger partial charge is 0.407 e. The van der Waals surface area contributed by atoms with Crippen molar-refractivity contribution in [3.63, 3.8) is 0 Å². The molecule has 1 amide bonds. The molecule has 0 atom stereocenters. The van der Waals surface area contributed by atoms with Crippen LogP contribution < -0.4 is 10.2 Å². The van der Waals surface area contributed by atoms with E-state index in [0.717, 1.165) is 38.9 Å². The molecule has 0 radical (unpaired) electrons. The topological polar surface area (TPSA) is 44.8 Å². The fraction of sp³-hybridized carbons (Fsp3) is 0.588. The van der Waals surface area contributed by atoms with Crippen molar-refractivity contribution in [1.29, 1.82) is 0 Å². The Morgan fingerprint density at radius 3 is 2.45 bits per heavy atom. The quantitative estimate of drug-likeness (QED) is 0.905. The summed E-state index contributed by atoms with van der Waals surface area (Å²) in [6, 6.07) is 9.01. The van der Waals surface area contributed by atoms with Crippen molar-refractivity contribution >= 4 is 11.8 Å². The van der Waals surface area contributed by atoms with Crippen LogP contribution in [0.1, 0.15) is 18.4 Å². The highest BCUT2D eigenvalue weighted by atomic mass is 16.5. The highest BCUT2D eigenvalue weighted by molar-refractivity contribution is 5.67. The van der Waals surface area contributed by atoms with Gasteiger partial charge in [0.1, 0.15) is 0 Å². The van der Waals surface area contributed by atoms with Crippen LogP contribution in [-0.4, -0.2) is 57.9 Å². The van der Waals surface area contributed by atoms with Crippen LogP contribution in [0.5, 0.6) is 0 Å². The summed E-state index contributed by atoms with van der Waals surface area (Å²) in [5.41, 5.74) is 2.61. The summed E-state index contributed by atoms with van der Waals surface area (Å²) in [4.78, 5) is 15.8. The summed E-state index contributed by atoms with van der Waals surface area (Å²) < 4.78 is 4.64. The lowest BCUT2D eigenvalue weighted by atomic mass is 10.0. The van der Waals surface area contributed by atoms with Crippen LogP contribution in [0.4, 0.5) is 10.5 Å². The van der Waals surface area contributed by atoms with E-state index in [1.807, 2.05) is 0 Å². The van der Waals surface area contributed by atoms with Gasteiger partial charge in [-0.1, -0.05) is 12.1 Å². The number of likely N-dealkylation sites (tertiary alicyclic amines) is 1. The number of carbonyl (C=O) groups excluding carboxylic acids is 1. The molecule has 122 valence electrons. The maximum absolute atomic E-state index is 11.2. The van der Waals surface area contributed by atoms with Gasteiger partial charge >= 0.3 is 6.09 Å². The summed E-state index contributed by atoms with van der Waals surface area (Å²) in [6.45, 7) is 3.14. The zero-order valence-corrected chi connectivity index (χ0v) is 13.8. The first-order valence-electron chi connectivity index (χ1n) is 7.91. The number of rotatable bonds is 5. The molecule has 0 unspecified atom stereocenters. The van der Waals surface area contributed by atoms with Crippen LogP contribution in [-0.2, 0) is 11.2 Å². The van der Waals surface area contributed by atoms with Crippen molar-refractivity contribution in [2.75, 3.05) is 45.7 Å². The van der Waals surface area contributed by atoms with Gasteiger partial charge in [-0.15, -0.1) is 0 Å². The average molecular weight is 305 g/mol. The van der Waals surface area contributed by atoms with E-state index < -0.39 is 0 Å². The number of alkyl carbamates (subject to hydrolysis) is 1. The number of nitrogens with zero attached hydrogens (tertiary/aromatic N) is 2. The molecule has 2 rings (SSSR count). The number of benzene rings is 1. The highest BCUT2D eigenvalue weighted by Crippen LogP contribution is 2.15. The SMILES string of the molecule is COC(=O)NC1CCN(CCc2ccc(N(C)C)cc2)CC1. The minimum Gasteiger partial charge on any atom is -0.453 e. The normalized spacial score (nSPS) is 16.3. The van der Waals surface area contributed by atoms with Gasteiger partial charge in [0.2, 0.25) is 0 Å². The predicted molar refractivity (Wildman–Crippen MR) is 89.5 cm³/mol. The first-order valence-corrected chi connectivity index (χ1v) is 7.91. The average Bonchev–Trinajstić information content (AvgIpc) is 2.54. The third-order valence-electron chi connectivity index (χ3n) is 4.26. The largest absolute Gasteiger partial charge is 0.453 e. The first-order chi connectivity index (χ1) is 10.6. The Kier molecular flexibility index (Phi) is 6.07. The number of hydrogen-bond donors (Lipinski definition) is 1. The molecule has 22 heavy (non-hydrogen) atoms. The van der Waals surface area contributed by atoms with Gasteiger partial charge in [-0.05, 0) is 37.0 Å². The number of amides is 1. The van der Waals surface area contributed by atoms with Gasteiger partial charge in [-0.3, -0.25) is 0 Å². The van der Waals surface area contributed by atoms with Crippen LogP contribution in [0.2, 0.25) is 0 Å². The number of nitrogens with one attached hydrogen (secondary N) is 1. The van der Waals surface area contributed by atoms with E-state index in [0.29, 0.717) is 0 Å². The Morgan fingerprint density at radius 1 is 1.27 bits per heavy atom. The van der Waals surface area contributed by atoms with Crippen LogP contribution in [0.15, 0.2) is 24.3 Å². The molecule has 1 saturated heterocycles. The maximum atomic E-state index is 11.2. The lowest BCUT2D eigenvalue weighted by Crippen LogP contribution is -2.45. The Bertz CT molecular complexity index is 465. The third kappa shape index (κ3) is 4.91. The minimum absolute atomic E-state index is 0.253. The van der Waals surface area contributed by atoms with E-state index in [1.54, 1.807) is 0 Å². The second-order valence-corrected chi connectivity index (χ2v) is 6.06. The molecule has 5 heteroatoms. The van der Waals surface area contributed by atoms with Gasteiger partial charge < -0.3 is 19.9 Å². The van der Waals surface area contributed by atoms with Gasteiger partial charge in [0.05, 0.1) is 7.11 Å². The number of anilines is 1. The second kappa shape index (κ2) is 8.03. The molecular weight excluding hydrogens is 278 g/mol. The molecule has 1 fully saturated rings. The summed E-state index contributed by atoms with van der Waals surface area (Å²) in [7, 11) is 5.52. The third-order valence-corrected chi connectivity index (χ3v) is 4.26. The summed E-state index contributed by atoms with van der Waals surface area (Å²) in [5, 5.41) is 2.89. The molecule has 1 aromatic rings. The van der Waals surface area contributed by atoms with Crippen molar-refractivity contribution in [1.82, 2.24) is 10.2 Å². The number of piperidine rings is 1. The minimum atomic E-state index is -0.320. The molecule has 1 aliphatic rings. The molecule has 0 saturated carbocycles. The predicted octanol–water partition coefficient (Wildman–Crippen LogP) is 2.12. The standard InChI is InChI=1S/C17H27N3O2/c1-19(2)16-6-4-14(5-7-16)8-11-20-12-9-15(10-13-20)18-17(21)22-3/h4-7,15H,8-13H2,1-3H3,(H,18,21). The van der Waals surface area contributed by atoms with E-state index in [2.05, 4.69) is 58.2 Å². The van der Waals surface area contributed by atoms with Crippen molar-refractivity contribution in [3.05, 3.63) is 29.8 Å². The molecule has 0 bridgehead atoms. The van der Waals surface area contributed by atoms with Gasteiger partial charge in [0.15, 0.2) is 0 Å². The van der Waals surface area contributed by atoms with Crippen LogP contribution in [0, 0.1) is 0 Å². The Labute approximate surface area is 133 Å². The number of ether oxygens (including phenoxy) is 1. The van der Waals surface area contributed by atoms with Crippen molar-refractivity contribution in [3.8, 4) is 0 Å². The Morgan fingerprint density at radius 2 is 1.91 bits per heavy atom. The molecule has 1 heterocycles. The van der Waals surface area contributed by atoms with E-state index in [-0.39, 0.29) is 12.1 Å². The van der Waals surface area contributed by atoms with E-state index >= 15 is 0 Å². The lowest BCUT2D eigenvalue weighted by molar-refractivity contribution is 0.152. The fourth-order valence-electron chi connectivity index (χ4n) is 2.77. The van der Waals surface area contributed by atoms with Crippen LogP contribution >= 0.6 is 0 Å².